The fourth-order valence-electron chi connectivity index (χ4n) is 1.29. The van der Waals surface area contributed by atoms with Gasteiger partial charge in [0.1, 0.15) is 6.10 Å². The van der Waals surface area contributed by atoms with Gasteiger partial charge in [-0.05, 0) is 41.5 Å². The minimum absolute atomic E-state index is 0.137. The molecule has 0 aliphatic carbocycles. The van der Waals surface area contributed by atoms with E-state index in [1.807, 2.05) is 0 Å². The van der Waals surface area contributed by atoms with Gasteiger partial charge in [0.05, 0.1) is 24.0 Å². The normalized spacial score (nSPS) is 13.2. The average molecular weight is 315 g/mol. The summed E-state index contributed by atoms with van der Waals surface area (Å²) in [6.45, 7) is 12.3. The number of nitrogens with one attached hydrogen (secondary N) is 1. The number of rotatable bonds is 6. The summed E-state index contributed by atoms with van der Waals surface area (Å²) in [4.78, 5) is 34.6. The summed E-state index contributed by atoms with van der Waals surface area (Å²) >= 11 is 0. The smallest absolute Gasteiger partial charge is 0.311 e. The van der Waals surface area contributed by atoms with Crippen LogP contribution < -0.4 is 5.32 Å². The maximum Gasteiger partial charge on any atom is 0.311 e. The fraction of sp³-hybridized carbons (Fsp3) is 0.812. The largest absolute Gasteiger partial charge is 0.465 e. The summed E-state index contributed by atoms with van der Waals surface area (Å²) in [6, 6.07) is 0. The lowest BCUT2D eigenvalue weighted by Gasteiger charge is -2.24. The first-order chi connectivity index (χ1) is 9.84. The van der Waals surface area contributed by atoms with Crippen LogP contribution in [0.15, 0.2) is 0 Å². The third-order valence-corrected chi connectivity index (χ3v) is 2.75. The lowest BCUT2D eigenvalue weighted by atomic mass is 9.97. The third kappa shape index (κ3) is 8.64. The second-order valence-electron chi connectivity index (χ2n) is 7.39. The van der Waals surface area contributed by atoms with Gasteiger partial charge >= 0.3 is 11.9 Å². The second kappa shape index (κ2) is 8.15. The Bertz CT molecular complexity index is 404. The predicted octanol–water partition coefficient (Wildman–Crippen LogP) is 2.06. The number of hydrogen-bond acceptors (Lipinski definition) is 5. The van der Waals surface area contributed by atoms with E-state index in [4.69, 9.17) is 9.47 Å². The van der Waals surface area contributed by atoms with Crippen LogP contribution in [0, 0.1) is 10.8 Å². The van der Waals surface area contributed by atoms with E-state index in [2.05, 4.69) is 5.32 Å². The van der Waals surface area contributed by atoms with Crippen molar-refractivity contribution in [2.24, 2.45) is 10.8 Å². The van der Waals surface area contributed by atoms with Gasteiger partial charge in [-0.2, -0.15) is 0 Å². The van der Waals surface area contributed by atoms with Crippen molar-refractivity contribution in [2.75, 3.05) is 13.2 Å². The molecule has 0 saturated carbocycles. The van der Waals surface area contributed by atoms with Gasteiger partial charge in [-0.25, -0.2) is 0 Å². The Kier molecular flexibility index (Phi) is 7.56. The quantitative estimate of drug-likeness (QED) is 0.759. The zero-order chi connectivity index (χ0) is 17.6. The molecule has 0 rings (SSSR count). The van der Waals surface area contributed by atoms with Gasteiger partial charge in [0, 0.05) is 13.3 Å². The average Bonchev–Trinajstić information content (AvgIpc) is 2.32. The molecule has 6 nitrogen and oxygen atoms in total. The van der Waals surface area contributed by atoms with Gasteiger partial charge in [-0.1, -0.05) is 0 Å². The van der Waals surface area contributed by atoms with E-state index in [1.54, 1.807) is 41.5 Å². The summed E-state index contributed by atoms with van der Waals surface area (Å²) in [5.74, 6) is -0.874. The second-order valence-corrected chi connectivity index (χ2v) is 7.39. The monoisotopic (exact) mass is 315 g/mol. The molecule has 6 heteroatoms. The van der Waals surface area contributed by atoms with Crippen LogP contribution in [-0.4, -0.2) is 37.1 Å². The highest BCUT2D eigenvalue weighted by molar-refractivity contribution is 5.76. The van der Waals surface area contributed by atoms with E-state index in [0.29, 0.717) is 6.42 Å². The van der Waals surface area contributed by atoms with Crippen molar-refractivity contribution in [1.82, 2.24) is 5.32 Å². The van der Waals surface area contributed by atoms with Gasteiger partial charge in [-0.15, -0.1) is 0 Å². The van der Waals surface area contributed by atoms with Crippen LogP contribution in [0.5, 0.6) is 0 Å². The SMILES string of the molecule is CC(=O)NC[C@H](CCOC(=O)C(C)(C)C)OC(=O)C(C)(C)C. The first-order valence-corrected chi connectivity index (χ1v) is 7.47. The molecule has 0 unspecified atom stereocenters. The van der Waals surface area contributed by atoms with E-state index in [9.17, 15) is 14.4 Å². The summed E-state index contributed by atoms with van der Waals surface area (Å²) < 4.78 is 10.6. The van der Waals surface area contributed by atoms with E-state index >= 15 is 0 Å². The predicted molar refractivity (Wildman–Crippen MR) is 83.0 cm³/mol. The van der Waals surface area contributed by atoms with Gasteiger partial charge in [0.25, 0.3) is 0 Å². The number of ether oxygens (including phenoxy) is 2. The standard InChI is InChI=1S/C16H29NO5/c1-11(18)17-10-12(22-14(20)16(5,6)7)8-9-21-13(19)15(2,3)4/h12H,8-10H2,1-7H3,(H,17,18)/t12-/m0/s1. The Balaban J connectivity index is 4.51. The highest BCUT2D eigenvalue weighted by Gasteiger charge is 2.27. The van der Waals surface area contributed by atoms with Crippen molar-refractivity contribution in [3.63, 3.8) is 0 Å². The van der Waals surface area contributed by atoms with Gasteiger partial charge < -0.3 is 14.8 Å². The number of esters is 2. The number of carbonyl (C=O) groups excluding carboxylic acids is 3. The summed E-state index contributed by atoms with van der Waals surface area (Å²) in [5.41, 5.74) is -1.20. The van der Waals surface area contributed by atoms with Crippen LogP contribution in [-0.2, 0) is 23.9 Å². The topological polar surface area (TPSA) is 81.7 Å². The lowest BCUT2D eigenvalue weighted by molar-refractivity contribution is -0.161. The molecule has 22 heavy (non-hydrogen) atoms. The van der Waals surface area contributed by atoms with Crippen molar-refractivity contribution >= 4 is 17.8 Å². The molecular formula is C16H29NO5. The summed E-state index contributed by atoms with van der Waals surface area (Å²) in [7, 11) is 0. The first-order valence-electron chi connectivity index (χ1n) is 7.47. The van der Waals surface area contributed by atoms with Crippen molar-refractivity contribution in [3.8, 4) is 0 Å². The molecule has 0 aromatic carbocycles. The highest BCUT2D eigenvalue weighted by atomic mass is 16.6. The molecule has 0 radical (unpaired) electrons. The van der Waals surface area contributed by atoms with Crippen LogP contribution in [0.4, 0.5) is 0 Å². The lowest BCUT2D eigenvalue weighted by Crippen LogP contribution is -2.37. The van der Waals surface area contributed by atoms with Crippen LogP contribution in [0.25, 0.3) is 0 Å². The number of carbonyl (C=O) groups is 3. The van der Waals surface area contributed by atoms with Crippen LogP contribution in [0.2, 0.25) is 0 Å². The molecular weight excluding hydrogens is 286 g/mol. The van der Waals surface area contributed by atoms with Crippen molar-refractivity contribution in [2.45, 2.75) is 61.0 Å². The zero-order valence-electron chi connectivity index (χ0n) is 14.7. The minimum Gasteiger partial charge on any atom is -0.465 e. The van der Waals surface area contributed by atoms with Crippen molar-refractivity contribution in [3.05, 3.63) is 0 Å². The van der Waals surface area contributed by atoms with Crippen molar-refractivity contribution < 1.29 is 23.9 Å². The Labute approximate surface area is 132 Å². The van der Waals surface area contributed by atoms with Gasteiger partial charge in [0.2, 0.25) is 5.91 Å². The van der Waals surface area contributed by atoms with Crippen LogP contribution in [0.3, 0.4) is 0 Å². The van der Waals surface area contributed by atoms with E-state index < -0.39 is 16.9 Å². The summed E-state index contributed by atoms with van der Waals surface area (Å²) in [6.07, 6.45) is -0.187. The molecule has 0 bridgehead atoms. The van der Waals surface area contributed by atoms with Gasteiger partial charge in [-0.3, -0.25) is 14.4 Å². The van der Waals surface area contributed by atoms with Gasteiger partial charge in [0.15, 0.2) is 0 Å². The molecule has 0 fully saturated rings. The maximum absolute atomic E-state index is 11.9. The Morgan fingerprint density at radius 3 is 1.86 bits per heavy atom. The van der Waals surface area contributed by atoms with Crippen LogP contribution >= 0.6 is 0 Å². The molecule has 0 heterocycles. The molecule has 0 aromatic heterocycles. The Morgan fingerprint density at radius 2 is 1.45 bits per heavy atom. The highest BCUT2D eigenvalue weighted by Crippen LogP contribution is 2.18. The van der Waals surface area contributed by atoms with Crippen molar-refractivity contribution in [1.29, 1.82) is 0 Å². The molecule has 128 valence electrons. The van der Waals surface area contributed by atoms with E-state index in [0.717, 1.165) is 0 Å². The first kappa shape index (κ1) is 20.4. The maximum atomic E-state index is 11.9. The van der Waals surface area contributed by atoms with E-state index in [1.165, 1.54) is 6.92 Å². The molecule has 0 spiro atoms. The molecule has 0 aliphatic heterocycles. The summed E-state index contributed by atoms with van der Waals surface area (Å²) in [5, 5.41) is 2.61. The van der Waals surface area contributed by atoms with Crippen LogP contribution in [0.1, 0.15) is 54.9 Å². The molecule has 0 saturated heterocycles. The Morgan fingerprint density at radius 1 is 0.955 bits per heavy atom. The fourth-order valence-corrected chi connectivity index (χ4v) is 1.29. The number of hydrogen-bond donors (Lipinski definition) is 1. The number of amides is 1. The zero-order valence-corrected chi connectivity index (χ0v) is 14.7. The molecule has 0 aromatic rings. The van der Waals surface area contributed by atoms with E-state index in [-0.39, 0.29) is 31.0 Å². The molecule has 0 aliphatic rings. The Hall–Kier alpha value is -1.59. The molecule has 1 N–H and O–H groups in total. The molecule has 1 amide bonds. The minimum atomic E-state index is -0.628. The molecule has 1 atom stereocenters. The third-order valence-electron chi connectivity index (χ3n) is 2.75.